The zero-order valence-corrected chi connectivity index (χ0v) is 10.4. The Labute approximate surface area is 104 Å². The third-order valence-electron chi connectivity index (χ3n) is 2.06. The van der Waals surface area contributed by atoms with E-state index in [2.05, 4.69) is 11.9 Å². The molecule has 0 saturated heterocycles. The zero-order valence-electron chi connectivity index (χ0n) is 9.55. The third kappa shape index (κ3) is 3.17. The summed E-state index contributed by atoms with van der Waals surface area (Å²) in [6.07, 6.45) is 4.12. The van der Waals surface area contributed by atoms with Crippen LogP contribution in [0, 0.1) is 0 Å². The summed E-state index contributed by atoms with van der Waals surface area (Å²) in [7, 11) is 0. The van der Waals surface area contributed by atoms with Gasteiger partial charge in [0.15, 0.2) is 0 Å². The molecule has 0 spiro atoms. The molecule has 0 aliphatic rings. The summed E-state index contributed by atoms with van der Waals surface area (Å²) < 4.78 is 10.7. The maximum absolute atomic E-state index is 5.83. The van der Waals surface area contributed by atoms with Gasteiger partial charge in [0.25, 0.3) is 5.22 Å². The average Bonchev–Trinajstić information content (AvgIpc) is 2.82. The van der Waals surface area contributed by atoms with Gasteiger partial charge in [-0.15, -0.1) is 0 Å². The number of nitrogens with two attached hydrogens (primary N) is 1. The molecule has 0 amide bonds. The number of rotatable bonds is 5. The number of nitrogens with zero attached hydrogens (tertiary/aromatic N) is 1. The molecule has 1 heterocycles. The van der Waals surface area contributed by atoms with Gasteiger partial charge in [-0.25, -0.2) is 4.98 Å². The predicted molar refractivity (Wildman–Crippen MR) is 67.3 cm³/mol. The van der Waals surface area contributed by atoms with Crippen LogP contribution in [0.3, 0.4) is 0 Å². The lowest BCUT2D eigenvalue weighted by atomic mass is 10.3. The van der Waals surface area contributed by atoms with E-state index in [0.29, 0.717) is 23.3 Å². The molecule has 0 unspecified atom stereocenters. The van der Waals surface area contributed by atoms with Gasteiger partial charge in [0.1, 0.15) is 12.0 Å². The second-order valence-corrected chi connectivity index (χ2v) is 4.47. The fourth-order valence-corrected chi connectivity index (χ4v) is 2.00. The largest absolute Gasteiger partial charge is 0.491 e. The Kier molecular flexibility index (Phi) is 3.93. The van der Waals surface area contributed by atoms with E-state index in [-0.39, 0.29) is 0 Å². The van der Waals surface area contributed by atoms with Crippen LogP contribution in [0.5, 0.6) is 5.75 Å². The number of benzene rings is 1. The highest BCUT2D eigenvalue weighted by Crippen LogP contribution is 2.32. The smallest absolute Gasteiger partial charge is 0.260 e. The highest BCUT2D eigenvalue weighted by molar-refractivity contribution is 7.99. The van der Waals surface area contributed by atoms with Gasteiger partial charge in [-0.05, 0) is 36.4 Å². The van der Waals surface area contributed by atoms with E-state index in [0.717, 1.165) is 11.3 Å². The molecule has 0 atom stereocenters. The van der Waals surface area contributed by atoms with Crippen LogP contribution in [0.25, 0.3) is 0 Å². The van der Waals surface area contributed by atoms with Gasteiger partial charge in [-0.2, -0.15) is 0 Å². The standard InChI is InChI=1S/C12H14N2O2S/c1-2-6-15-11-8-9(3-4-10(11)13)17-12-14-5-7-16-12/h3-5,7-8H,2,6,13H2,1H3. The Morgan fingerprint density at radius 3 is 3.06 bits per heavy atom. The number of ether oxygens (including phenoxy) is 1. The fraction of sp³-hybridized carbons (Fsp3) is 0.250. The van der Waals surface area contributed by atoms with Crippen molar-refractivity contribution in [3.05, 3.63) is 30.7 Å². The van der Waals surface area contributed by atoms with Crippen molar-refractivity contribution in [3.8, 4) is 5.75 Å². The minimum Gasteiger partial charge on any atom is -0.491 e. The molecule has 17 heavy (non-hydrogen) atoms. The number of nitrogen functional groups attached to an aromatic ring is 1. The molecule has 1 aromatic heterocycles. The van der Waals surface area contributed by atoms with Gasteiger partial charge in [-0.1, -0.05) is 6.92 Å². The summed E-state index contributed by atoms with van der Waals surface area (Å²) >= 11 is 1.44. The van der Waals surface area contributed by atoms with Gasteiger partial charge in [-0.3, -0.25) is 0 Å². The fourth-order valence-electron chi connectivity index (χ4n) is 1.28. The van der Waals surface area contributed by atoms with Crippen molar-refractivity contribution in [2.75, 3.05) is 12.3 Å². The summed E-state index contributed by atoms with van der Waals surface area (Å²) in [5, 5.41) is 0.608. The van der Waals surface area contributed by atoms with Gasteiger partial charge >= 0.3 is 0 Å². The van der Waals surface area contributed by atoms with Crippen molar-refractivity contribution in [1.29, 1.82) is 0 Å². The van der Waals surface area contributed by atoms with Crippen LogP contribution >= 0.6 is 11.8 Å². The Hall–Kier alpha value is -1.62. The summed E-state index contributed by atoms with van der Waals surface area (Å²) in [5.74, 6) is 0.711. The molecule has 0 aliphatic heterocycles. The Morgan fingerprint density at radius 2 is 2.35 bits per heavy atom. The first-order valence-corrected chi connectivity index (χ1v) is 6.21. The number of anilines is 1. The van der Waals surface area contributed by atoms with Crippen molar-refractivity contribution in [3.63, 3.8) is 0 Å². The minimum absolute atomic E-state index is 0.608. The monoisotopic (exact) mass is 250 g/mol. The van der Waals surface area contributed by atoms with Crippen molar-refractivity contribution in [2.45, 2.75) is 23.5 Å². The molecule has 90 valence electrons. The molecule has 0 aliphatic carbocycles. The van der Waals surface area contributed by atoms with Crippen LogP contribution in [-0.2, 0) is 0 Å². The summed E-state index contributed by atoms with van der Waals surface area (Å²) in [4.78, 5) is 5.04. The Morgan fingerprint density at radius 1 is 1.47 bits per heavy atom. The molecule has 2 aromatic rings. The molecule has 0 radical (unpaired) electrons. The van der Waals surface area contributed by atoms with Crippen LogP contribution in [0.15, 0.2) is 45.2 Å². The summed E-state index contributed by atoms with van der Waals surface area (Å²) in [5.41, 5.74) is 6.48. The van der Waals surface area contributed by atoms with Crippen molar-refractivity contribution < 1.29 is 9.15 Å². The van der Waals surface area contributed by atoms with E-state index < -0.39 is 0 Å². The Balaban J connectivity index is 2.13. The van der Waals surface area contributed by atoms with Crippen molar-refractivity contribution in [2.24, 2.45) is 0 Å². The molecule has 2 rings (SSSR count). The van der Waals surface area contributed by atoms with E-state index >= 15 is 0 Å². The van der Waals surface area contributed by atoms with E-state index in [4.69, 9.17) is 14.9 Å². The van der Waals surface area contributed by atoms with Crippen LogP contribution in [-0.4, -0.2) is 11.6 Å². The quantitative estimate of drug-likeness (QED) is 0.826. The second kappa shape index (κ2) is 5.63. The molecular weight excluding hydrogens is 236 g/mol. The summed E-state index contributed by atoms with van der Waals surface area (Å²) in [6, 6.07) is 5.65. The second-order valence-electron chi connectivity index (χ2n) is 3.45. The van der Waals surface area contributed by atoms with E-state index in [9.17, 15) is 0 Å². The first-order valence-electron chi connectivity index (χ1n) is 5.39. The normalized spacial score (nSPS) is 10.4. The van der Waals surface area contributed by atoms with Crippen LogP contribution in [0.4, 0.5) is 5.69 Å². The minimum atomic E-state index is 0.608. The molecule has 5 heteroatoms. The topological polar surface area (TPSA) is 61.3 Å². The Bertz CT molecular complexity index is 471. The van der Waals surface area contributed by atoms with Gasteiger partial charge < -0.3 is 14.9 Å². The number of oxazole rings is 1. The lowest BCUT2D eigenvalue weighted by Crippen LogP contribution is -1.98. The third-order valence-corrected chi connectivity index (χ3v) is 2.93. The first kappa shape index (κ1) is 11.9. The highest BCUT2D eigenvalue weighted by atomic mass is 32.2. The number of hydrogen-bond donors (Lipinski definition) is 1. The predicted octanol–water partition coefficient (Wildman–Crippen LogP) is 3.20. The molecule has 0 bridgehead atoms. The summed E-state index contributed by atoms with van der Waals surface area (Å²) in [6.45, 7) is 2.72. The van der Waals surface area contributed by atoms with E-state index in [1.807, 2.05) is 18.2 Å². The van der Waals surface area contributed by atoms with Crippen LogP contribution in [0.1, 0.15) is 13.3 Å². The van der Waals surface area contributed by atoms with E-state index in [1.165, 1.54) is 11.8 Å². The zero-order chi connectivity index (χ0) is 12.1. The van der Waals surface area contributed by atoms with Gasteiger partial charge in [0, 0.05) is 4.90 Å². The average molecular weight is 250 g/mol. The lowest BCUT2D eigenvalue weighted by Gasteiger charge is -2.08. The van der Waals surface area contributed by atoms with E-state index in [1.54, 1.807) is 12.5 Å². The molecule has 2 N–H and O–H groups in total. The lowest BCUT2D eigenvalue weighted by molar-refractivity contribution is 0.318. The highest BCUT2D eigenvalue weighted by Gasteiger charge is 2.06. The number of aromatic nitrogens is 1. The van der Waals surface area contributed by atoms with Crippen molar-refractivity contribution >= 4 is 17.4 Å². The first-order chi connectivity index (χ1) is 8.29. The SMILES string of the molecule is CCCOc1cc(Sc2ncco2)ccc1N. The van der Waals surface area contributed by atoms with Crippen LogP contribution < -0.4 is 10.5 Å². The maximum Gasteiger partial charge on any atom is 0.260 e. The molecule has 1 aromatic carbocycles. The molecule has 0 fully saturated rings. The van der Waals surface area contributed by atoms with Crippen molar-refractivity contribution in [1.82, 2.24) is 4.98 Å². The van der Waals surface area contributed by atoms with Gasteiger partial charge in [0.2, 0.25) is 0 Å². The van der Waals surface area contributed by atoms with Gasteiger partial charge in [0.05, 0.1) is 18.5 Å². The maximum atomic E-state index is 5.83. The molecule has 4 nitrogen and oxygen atoms in total. The molecular formula is C12H14N2O2S. The molecule has 0 saturated carbocycles. The van der Waals surface area contributed by atoms with Crippen LogP contribution in [0.2, 0.25) is 0 Å². The number of hydrogen-bond acceptors (Lipinski definition) is 5.